The molecule has 0 saturated heterocycles. The fraction of sp³-hybridized carbons (Fsp3) is 0.100. The van der Waals surface area contributed by atoms with Crippen LogP contribution in [0.15, 0.2) is 70.2 Å². The highest BCUT2D eigenvalue weighted by Crippen LogP contribution is 2.21. The third kappa shape index (κ3) is 4.35. The van der Waals surface area contributed by atoms with Gasteiger partial charge in [-0.05, 0) is 49.7 Å². The number of carbonyl (C=O) groups excluding carboxylic acids is 1. The number of nitrogens with one attached hydrogen (secondary N) is 1. The number of para-hydroxylation sites is 1. The average molecular weight is 334 g/mol. The van der Waals surface area contributed by atoms with Crippen LogP contribution in [0.4, 0.5) is 0 Å². The van der Waals surface area contributed by atoms with E-state index in [9.17, 15) is 4.79 Å². The Morgan fingerprint density at radius 3 is 2.52 bits per heavy atom. The van der Waals surface area contributed by atoms with Crippen molar-refractivity contribution in [3.05, 3.63) is 83.3 Å². The number of nitrogens with zero attached hydrogens (tertiary/aromatic N) is 1. The van der Waals surface area contributed by atoms with Crippen LogP contribution < -0.4 is 10.2 Å². The number of hydrogen-bond acceptors (Lipinski definition) is 4. The molecule has 3 aromatic rings. The minimum atomic E-state index is -0.303. The van der Waals surface area contributed by atoms with Crippen LogP contribution in [0.3, 0.4) is 0 Å². The molecule has 0 radical (unpaired) electrons. The van der Waals surface area contributed by atoms with Crippen molar-refractivity contribution in [2.75, 3.05) is 0 Å². The summed E-state index contributed by atoms with van der Waals surface area (Å²) in [4.78, 5) is 12.1. The Hall–Kier alpha value is -3.34. The van der Waals surface area contributed by atoms with Gasteiger partial charge >= 0.3 is 0 Å². The number of ether oxygens (including phenoxy) is 1. The zero-order valence-corrected chi connectivity index (χ0v) is 14.0. The third-order valence-corrected chi connectivity index (χ3v) is 3.50. The topological polar surface area (TPSA) is 63.8 Å². The van der Waals surface area contributed by atoms with Crippen molar-refractivity contribution in [1.82, 2.24) is 5.43 Å². The van der Waals surface area contributed by atoms with Crippen LogP contribution in [0.2, 0.25) is 0 Å². The van der Waals surface area contributed by atoms with Crippen molar-refractivity contribution in [3.63, 3.8) is 0 Å². The first-order chi connectivity index (χ1) is 12.1. The van der Waals surface area contributed by atoms with Gasteiger partial charge < -0.3 is 9.15 Å². The number of hydrazone groups is 1. The number of benzene rings is 2. The largest absolute Gasteiger partial charge is 0.466 e. The van der Waals surface area contributed by atoms with Crippen molar-refractivity contribution in [2.45, 2.75) is 13.8 Å². The van der Waals surface area contributed by atoms with E-state index in [1.807, 2.05) is 54.6 Å². The average Bonchev–Trinajstić information content (AvgIpc) is 2.94. The van der Waals surface area contributed by atoms with Gasteiger partial charge in [0, 0.05) is 0 Å². The third-order valence-electron chi connectivity index (χ3n) is 3.50. The Kier molecular flexibility index (Phi) is 4.95. The van der Waals surface area contributed by atoms with Gasteiger partial charge in [0.1, 0.15) is 23.0 Å². The summed E-state index contributed by atoms with van der Waals surface area (Å²) in [6.07, 6.45) is 1.57. The van der Waals surface area contributed by atoms with E-state index in [1.54, 1.807) is 26.1 Å². The van der Waals surface area contributed by atoms with E-state index in [0.717, 1.165) is 11.3 Å². The predicted molar refractivity (Wildman–Crippen MR) is 96.2 cm³/mol. The summed E-state index contributed by atoms with van der Waals surface area (Å²) in [6, 6.07) is 18.7. The lowest BCUT2D eigenvalue weighted by molar-refractivity contribution is 0.0953. The van der Waals surface area contributed by atoms with Crippen LogP contribution in [0.25, 0.3) is 0 Å². The molecule has 3 rings (SSSR count). The lowest BCUT2D eigenvalue weighted by atomic mass is 10.2. The van der Waals surface area contributed by atoms with Crippen LogP contribution >= 0.6 is 0 Å². The normalized spacial score (nSPS) is 10.8. The molecule has 1 N–H and O–H groups in total. The summed E-state index contributed by atoms with van der Waals surface area (Å²) >= 11 is 0. The van der Waals surface area contributed by atoms with E-state index in [2.05, 4.69) is 10.5 Å². The van der Waals surface area contributed by atoms with Gasteiger partial charge in [-0.1, -0.05) is 30.3 Å². The summed E-state index contributed by atoms with van der Waals surface area (Å²) in [6.45, 7) is 3.54. The Labute approximate surface area is 145 Å². The van der Waals surface area contributed by atoms with Gasteiger partial charge in [-0.3, -0.25) is 4.79 Å². The quantitative estimate of drug-likeness (QED) is 0.554. The molecule has 2 aromatic carbocycles. The van der Waals surface area contributed by atoms with Gasteiger partial charge in [-0.2, -0.15) is 5.10 Å². The first-order valence-electron chi connectivity index (χ1n) is 7.85. The second-order valence-electron chi connectivity index (χ2n) is 5.51. The molecule has 0 bridgehead atoms. The zero-order chi connectivity index (χ0) is 17.6. The summed E-state index contributed by atoms with van der Waals surface area (Å²) in [5.74, 6) is 2.42. The van der Waals surface area contributed by atoms with E-state index in [-0.39, 0.29) is 5.91 Å². The van der Waals surface area contributed by atoms with Gasteiger partial charge in [-0.15, -0.1) is 0 Å². The summed E-state index contributed by atoms with van der Waals surface area (Å²) in [5, 5.41) is 3.99. The number of hydrogen-bond donors (Lipinski definition) is 1. The minimum Gasteiger partial charge on any atom is -0.466 e. The van der Waals surface area contributed by atoms with Crippen LogP contribution in [0, 0.1) is 13.8 Å². The van der Waals surface area contributed by atoms with Crippen molar-refractivity contribution in [2.24, 2.45) is 5.10 Å². The van der Waals surface area contributed by atoms with Gasteiger partial charge in [0.05, 0.1) is 11.8 Å². The number of amides is 1. The van der Waals surface area contributed by atoms with Crippen LogP contribution in [0.1, 0.15) is 27.4 Å². The van der Waals surface area contributed by atoms with Gasteiger partial charge in [0.2, 0.25) is 0 Å². The molecule has 0 aliphatic heterocycles. The van der Waals surface area contributed by atoms with E-state index in [4.69, 9.17) is 9.15 Å². The molecule has 1 heterocycles. The highest BCUT2D eigenvalue weighted by molar-refractivity contribution is 5.95. The van der Waals surface area contributed by atoms with Crippen molar-refractivity contribution in [3.8, 4) is 11.5 Å². The molecule has 25 heavy (non-hydrogen) atoms. The Balaban J connectivity index is 1.64. The van der Waals surface area contributed by atoms with E-state index < -0.39 is 0 Å². The number of aryl methyl sites for hydroxylation is 2. The molecule has 126 valence electrons. The highest BCUT2D eigenvalue weighted by atomic mass is 16.5. The molecule has 0 atom stereocenters. The fourth-order valence-electron chi connectivity index (χ4n) is 2.36. The summed E-state index contributed by atoms with van der Waals surface area (Å²) < 4.78 is 11.1. The second kappa shape index (κ2) is 7.49. The smallest absolute Gasteiger partial charge is 0.274 e. The molecule has 5 nitrogen and oxygen atoms in total. The molecular weight excluding hydrogens is 316 g/mol. The number of rotatable bonds is 5. The fourth-order valence-corrected chi connectivity index (χ4v) is 2.36. The Morgan fingerprint density at radius 1 is 1.04 bits per heavy atom. The molecule has 5 heteroatoms. The zero-order valence-electron chi connectivity index (χ0n) is 14.0. The van der Waals surface area contributed by atoms with Crippen molar-refractivity contribution < 1.29 is 13.9 Å². The first kappa shape index (κ1) is 16.5. The van der Waals surface area contributed by atoms with E-state index in [1.165, 1.54) is 0 Å². The van der Waals surface area contributed by atoms with Crippen molar-refractivity contribution >= 4 is 12.1 Å². The van der Waals surface area contributed by atoms with Crippen LogP contribution in [-0.2, 0) is 0 Å². The van der Waals surface area contributed by atoms with E-state index in [0.29, 0.717) is 22.8 Å². The minimum absolute atomic E-state index is 0.303. The molecule has 0 saturated carbocycles. The Morgan fingerprint density at radius 2 is 1.80 bits per heavy atom. The van der Waals surface area contributed by atoms with E-state index >= 15 is 0 Å². The maximum absolute atomic E-state index is 12.1. The van der Waals surface area contributed by atoms with Gasteiger partial charge in [0.25, 0.3) is 5.91 Å². The highest BCUT2D eigenvalue weighted by Gasteiger charge is 2.12. The summed E-state index contributed by atoms with van der Waals surface area (Å²) in [7, 11) is 0. The lowest BCUT2D eigenvalue weighted by Gasteiger charge is -2.05. The number of carbonyl (C=O) groups is 1. The molecule has 0 aliphatic rings. The molecule has 1 amide bonds. The predicted octanol–water partition coefficient (Wildman–Crippen LogP) is 4.45. The monoisotopic (exact) mass is 334 g/mol. The molecular formula is C20H18N2O3. The second-order valence-corrected chi connectivity index (χ2v) is 5.51. The maximum Gasteiger partial charge on any atom is 0.274 e. The van der Waals surface area contributed by atoms with Gasteiger partial charge in [0.15, 0.2) is 0 Å². The summed E-state index contributed by atoms with van der Waals surface area (Å²) in [5.41, 5.74) is 3.80. The van der Waals surface area contributed by atoms with Crippen LogP contribution in [-0.4, -0.2) is 12.1 Å². The molecule has 0 aliphatic carbocycles. The standard InChI is InChI=1S/C20H18N2O3/c1-14-11-19(15(2)24-14)20(23)22-21-13-16-7-6-10-18(12-16)25-17-8-4-3-5-9-17/h3-13H,1-2H3,(H,22,23)/b21-13-. The Bertz CT molecular complexity index is 898. The van der Waals surface area contributed by atoms with Crippen LogP contribution in [0.5, 0.6) is 11.5 Å². The number of furan rings is 1. The molecule has 1 aromatic heterocycles. The lowest BCUT2D eigenvalue weighted by Crippen LogP contribution is -2.17. The SMILES string of the molecule is Cc1cc(C(=O)N/N=C\c2cccc(Oc3ccccc3)c2)c(C)o1. The molecule has 0 spiro atoms. The molecule has 0 fully saturated rings. The molecule has 0 unspecified atom stereocenters. The van der Waals surface area contributed by atoms with Crippen molar-refractivity contribution in [1.29, 1.82) is 0 Å². The maximum atomic E-state index is 12.1. The first-order valence-corrected chi connectivity index (χ1v) is 7.85. The van der Waals surface area contributed by atoms with Gasteiger partial charge in [-0.25, -0.2) is 5.43 Å².